The number of aliphatic hydroxyl groups excluding tert-OH is 1. The van der Waals surface area contributed by atoms with Crippen LogP contribution in [-0.4, -0.2) is 54.9 Å². The third kappa shape index (κ3) is 4.27. The summed E-state index contributed by atoms with van der Waals surface area (Å²) < 4.78 is 5.62. The Morgan fingerprint density at radius 1 is 1.29 bits per heavy atom. The Balaban J connectivity index is 1.36. The molecule has 0 bridgehead atoms. The molecule has 3 rings (SSSR count). The summed E-state index contributed by atoms with van der Waals surface area (Å²) in [5.74, 6) is 0.774. The molecule has 0 radical (unpaired) electrons. The van der Waals surface area contributed by atoms with Gasteiger partial charge in [0.05, 0.1) is 19.3 Å². The molecule has 0 aromatic heterocycles. The summed E-state index contributed by atoms with van der Waals surface area (Å²) in [6.07, 6.45) is 2.22. The van der Waals surface area contributed by atoms with Crippen molar-refractivity contribution in [1.82, 2.24) is 10.2 Å². The number of piperidine rings is 1. The summed E-state index contributed by atoms with van der Waals surface area (Å²) >= 11 is 0. The minimum absolute atomic E-state index is 0.395. The van der Waals surface area contributed by atoms with Crippen LogP contribution in [0.25, 0.3) is 0 Å². The lowest BCUT2D eigenvalue weighted by molar-refractivity contribution is 0.0128. The fourth-order valence-electron chi connectivity index (χ4n) is 3.52. The number of likely N-dealkylation sites (tertiary alicyclic amines) is 1. The molecule has 2 aliphatic heterocycles. The van der Waals surface area contributed by atoms with Crippen molar-refractivity contribution in [2.75, 3.05) is 32.8 Å². The van der Waals surface area contributed by atoms with Crippen LogP contribution >= 0.6 is 0 Å². The predicted molar refractivity (Wildman–Crippen MR) is 83.1 cm³/mol. The lowest BCUT2D eigenvalue weighted by Gasteiger charge is -2.24. The fraction of sp³-hybridized carbons (Fsp3) is 0.647. The quantitative estimate of drug-likeness (QED) is 0.827. The van der Waals surface area contributed by atoms with Gasteiger partial charge in [0, 0.05) is 25.7 Å². The standard InChI is InChI=1S/C17H26N2O2/c20-16(13-21-12-14-5-2-1-3-6-14)10-19-9-15-7-4-8-18-17(15)11-19/h1-3,5-6,15-18,20H,4,7-13H2. The Morgan fingerprint density at radius 3 is 2.95 bits per heavy atom. The van der Waals surface area contributed by atoms with Crippen molar-refractivity contribution in [3.8, 4) is 0 Å². The second kappa shape index (κ2) is 7.36. The zero-order chi connectivity index (χ0) is 14.5. The molecular formula is C17H26N2O2. The molecule has 2 fully saturated rings. The van der Waals surface area contributed by atoms with Gasteiger partial charge in [-0.1, -0.05) is 30.3 Å². The van der Waals surface area contributed by atoms with E-state index in [9.17, 15) is 5.11 Å². The second-order valence-corrected chi connectivity index (χ2v) is 6.34. The normalized spacial score (nSPS) is 27.5. The summed E-state index contributed by atoms with van der Waals surface area (Å²) in [6, 6.07) is 10.7. The third-order valence-electron chi connectivity index (χ3n) is 4.57. The molecular weight excluding hydrogens is 264 g/mol. The van der Waals surface area contributed by atoms with Crippen molar-refractivity contribution in [3.63, 3.8) is 0 Å². The number of β-amino-alcohol motifs (C(OH)–C–C–N with tert-alkyl or cyclic N) is 1. The van der Waals surface area contributed by atoms with E-state index >= 15 is 0 Å². The van der Waals surface area contributed by atoms with Crippen molar-refractivity contribution < 1.29 is 9.84 Å². The van der Waals surface area contributed by atoms with E-state index in [4.69, 9.17) is 4.74 Å². The Hall–Kier alpha value is -0.940. The van der Waals surface area contributed by atoms with Crippen molar-refractivity contribution in [2.45, 2.75) is 31.6 Å². The first-order valence-electron chi connectivity index (χ1n) is 8.07. The average Bonchev–Trinajstić information content (AvgIpc) is 2.90. The van der Waals surface area contributed by atoms with Crippen LogP contribution in [0.4, 0.5) is 0 Å². The van der Waals surface area contributed by atoms with Gasteiger partial charge < -0.3 is 15.2 Å². The lowest BCUT2D eigenvalue weighted by Crippen LogP contribution is -2.41. The van der Waals surface area contributed by atoms with Gasteiger partial charge >= 0.3 is 0 Å². The van der Waals surface area contributed by atoms with Gasteiger partial charge in [-0.05, 0) is 30.9 Å². The third-order valence-corrected chi connectivity index (χ3v) is 4.57. The highest BCUT2D eigenvalue weighted by Crippen LogP contribution is 2.24. The number of benzene rings is 1. The molecule has 3 atom stereocenters. The van der Waals surface area contributed by atoms with Gasteiger partial charge in [-0.15, -0.1) is 0 Å². The molecule has 2 aliphatic rings. The van der Waals surface area contributed by atoms with Gasteiger partial charge in [0.15, 0.2) is 0 Å². The van der Waals surface area contributed by atoms with Crippen molar-refractivity contribution in [3.05, 3.63) is 35.9 Å². The Bertz CT molecular complexity index is 412. The number of hydrogen-bond donors (Lipinski definition) is 2. The van der Waals surface area contributed by atoms with Crippen LogP contribution in [0.2, 0.25) is 0 Å². The van der Waals surface area contributed by atoms with Gasteiger partial charge in [0.1, 0.15) is 0 Å². The maximum absolute atomic E-state index is 10.1. The molecule has 1 aromatic rings. The van der Waals surface area contributed by atoms with E-state index < -0.39 is 6.10 Å². The molecule has 1 aromatic carbocycles. The highest BCUT2D eigenvalue weighted by molar-refractivity contribution is 5.13. The summed E-state index contributed by atoms with van der Waals surface area (Å²) in [7, 11) is 0. The molecule has 0 saturated carbocycles. The minimum Gasteiger partial charge on any atom is -0.389 e. The number of ether oxygens (including phenoxy) is 1. The first kappa shape index (κ1) is 15.0. The first-order valence-corrected chi connectivity index (χ1v) is 8.07. The van der Waals surface area contributed by atoms with Gasteiger partial charge in [0.2, 0.25) is 0 Å². The zero-order valence-electron chi connectivity index (χ0n) is 12.6. The number of nitrogens with zero attached hydrogens (tertiary/aromatic N) is 1. The predicted octanol–water partition coefficient (Wildman–Crippen LogP) is 1.25. The van der Waals surface area contributed by atoms with Gasteiger partial charge in [-0.3, -0.25) is 4.90 Å². The molecule has 2 N–H and O–H groups in total. The maximum Gasteiger partial charge on any atom is 0.0900 e. The van der Waals surface area contributed by atoms with E-state index in [-0.39, 0.29) is 0 Å². The first-order chi connectivity index (χ1) is 10.3. The van der Waals surface area contributed by atoms with Crippen LogP contribution in [-0.2, 0) is 11.3 Å². The second-order valence-electron chi connectivity index (χ2n) is 6.34. The van der Waals surface area contributed by atoms with Crippen LogP contribution in [0.1, 0.15) is 18.4 Å². The van der Waals surface area contributed by atoms with Crippen LogP contribution in [0.15, 0.2) is 30.3 Å². The SMILES string of the molecule is OC(COCc1ccccc1)CN1CC2CCCNC2C1. The van der Waals surface area contributed by atoms with Gasteiger partial charge in [-0.25, -0.2) is 0 Å². The van der Waals surface area contributed by atoms with Crippen molar-refractivity contribution >= 4 is 0 Å². The Kier molecular flexibility index (Phi) is 5.25. The maximum atomic E-state index is 10.1. The van der Waals surface area contributed by atoms with E-state index in [1.165, 1.54) is 12.8 Å². The van der Waals surface area contributed by atoms with Crippen LogP contribution in [0.5, 0.6) is 0 Å². The number of aliphatic hydroxyl groups is 1. The van der Waals surface area contributed by atoms with E-state index in [0.717, 1.165) is 37.7 Å². The molecule has 2 saturated heterocycles. The van der Waals surface area contributed by atoms with E-state index in [1.54, 1.807) is 0 Å². The smallest absolute Gasteiger partial charge is 0.0900 e. The molecule has 4 heteroatoms. The highest BCUT2D eigenvalue weighted by atomic mass is 16.5. The number of hydrogen-bond acceptors (Lipinski definition) is 4. The number of nitrogens with one attached hydrogen (secondary N) is 1. The van der Waals surface area contributed by atoms with Crippen LogP contribution in [0, 0.1) is 5.92 Å². The van der Waals surface area contributed by atoms with Crippen LogP contribution in [0.3, 0.4) is 0 Å². The molecule has 4 nitrogen and oxygen atoms in total. The number of rotatable bonds is 6. The van der Waals surface area contributed by atoms with E-state index in [0.29, 0.717) is 19.3 Å². The molecule has 116 valence electrons. The van der Waals surface area contributed by atoms with Crippen molar-refractivity contribution in [1.29, 1.82) is 0 Å². The molecule has 0 amide bonds. The Morgan fingerprint density at radius 2 is 2.14 bits per heavy atom. The fourth-order valence-corrected chi connectivity index (χ4v) is 3.52. The van der Waals surface area contributed by atoms with Gasteiger partial charge in [0.25, 0.3) is 0 Å². The lowest BCUT2D eigenvalue weighted by atomic mass is 9.94. The highest BCUT2D eigenvalue weighted by Gasteiger charge is 2.34. The topological polar surface area (TPSA) is 44.7 Å². The summed E-state index contributed by atoms with van der Waals surface area (Å²) in [4.78, 5) is 2.38. The largest absolute Gasteiger partial charge is 0.389 e. The monoisotopic (exact) mass is 290 g/mol. The average molecular weight is 290 g/mol. The minimum atomic E-state index is -0.395. The van der Waals surface area contributed by atoms with Crippen LogP contribution < -0.4 is 5.32 Å². The molecule has 3 unspecified atom stereocenters. The summed E-state index contributed by atoms with van der Waals surface area (Å²) in [5.41, 5.74) is 1.15. The molecule has 2 heterocycles. The summed E-state index contributed by atoms with van der Waals surface area (Å²) in [6.45, 7) is 5.05. The molecule has 0 spiro atoms. The molecule has 0 aliphatic carbocycles. The van der Waals surface area contributed by atoms with Gasteiger partial charge in [-0.2, -0.15) is 0 Å². The Labute approximate surface area is 127 Å². The number of fused-ring (bicyclic) bond motifs is 1. The van der Waals surface area contributed by atoms with E-state index in [2.05, 4.69) is 10.2 Å². The summed E-state index contributed by atoms with van der Waals surface area (Å²) in [5, 5.41) is 13.7. The molecule has 21 heavy (non-hydrogen) atoms. The van der Waals surface area contributed by atoms with Crippen molar-refractivity contribution in [2.24, 2.45) is 5.92 Å². The zero-order valence-corrected chi connectivity index (χ0v) is 12.6. The van der Waals surface area contributed by atoms with E-state index in [1.807, 2.05) is 30.3 Å².